The van der Waals surface area contributed by atoms with Gasteiger partial charge in [0, 0.05) is 0 Å². The minimum atomic E-state index is -2.15. The summed E-state index contributed by atoms with van der Waals surface area (Å²) in [6.07, 6.45) is 14.5. The third-order valence-electron chi connectivity index (χ3n) is 10.4. The summed E-state index contributed by atoms with van der Waals surface area (Å²) in [4.78, 5) is 0. The van der Waals surface area contributed by atoms with Crippen LogP contribution in [-0.4, -0.2) is 3.21 Å². The maximum atomic E-state index is 2.73. The molecule has 3 heteroatoms. The molecule has 1 unspecified atom stereocenters. The first kappa shape index (κ1) is 27.8. The smallest absolute Gasteiger partial charge is 1.00 e. The number of benzene rings is 2. The van der Waals surface area contributed by atoms with Crippen LogP contribution in [0.25, 0.3) is 11.1 Å². The Morgan fingerprint density at radius 1 is 0.865 bits per heavy atom. The zero-order valence-electron chi connectivity index (χ0n) is 22.8. The Balaban J connectivity index is 0.00000140. The van der Waals surface area contributed by atoms with E-state index in [9.17, 15) is 0 Å². The van der Waals surface area contributed by atoms with Crippen LogP contribution < -0.4 is 28.1 Å². The summed E-state index contributed by atoms with van der Waals surface area (Å²) in [7, 11) is 0. The van der Waals surface area contributed by atoms with Gasteiger partial charge in [-0.15, -0.1) is 0 Å². The molecule has 6 aliphatic carbocycles. The van der Waals surface area contributed by atoms with Crippen molar-refractivity contribution in [1.82, 2.24) is 0 Å². The topological polar surface area (TPSA) is 0 Å². The molecular weight excluding hydrogens is 571 g/mol. The summed E-state index contributed by atoms with van der Waals surface area (Å²) in [5.41, 5.74) is 10.3. The molecule has 0 spiro atoms. The van der Waals surface area contributed by atoms with Crippen molar-refractivity contribution in [3.8, 4) is 11.1 Å². The first-order chi connectivity index (χ1) is 16.9. The van der Waals surface area contributed by atoms with E-state index < -0.39 is 21.3 Å². The summed E-state index contributed by atoms with van der Waals surface area (Å²) in [6.45, 7) is 9.96. The van der Waals surface area contributed by atoms with E-state index in [1.807, 2.05) is 3.28 Å². The number of rotatable bonds is 4. The molecule has 37 heavy (non-hydrogen) atoms. The van der Waals surface area contributed by atoms with Crippen LogP contribution in [0.4, 0.5) is 0 Å². The third kappa shape index (κ3) is 4.58. The summed E-state index contributed by atoms with van der Waals surface area (Å²) in [5.74, 6) is 3.78. The average Bonchev–Trinajstić information content (AvgIpc) is 3.31. The van der Waals surface area contributed by atoms with Crippen molar-refractivity contribution >= 4 is 6.48 Å². The van der Waals surface area contributed by atoms with Crippen LogP contribution in [0, 0.1) is 29.1 Å². The molecule has 6 aliphatic rings. The molecule has 4 saturated carbocycles. The molecule has 8 rings (SSSR count). The zero-order chi connectivity index (χ0) is 23.9. The maximum absolute atomic E-state index is 2.73. The van der Waals surface area contributed by atoms with Crippen LogP contribution in [0.1, 0.15) is 83.8 Å². The van der Waals surface area contributed by atoms with Crippen molar-refractivity contribution in [1.29, 1.82) is 0 Å². The SMILES string of the molecule is CC1=[C]([Zr+2](=[C](C)C)[c]2cccc3c2Cc2ccccc2-3)C(C)C=C1CC12CC3CC(CC(C3)C1)C2.[Cl-].[Cl-]. The van der Waals surface area contributed by atoms with Crippen LogP contribution in [0.3, 0.4) is 0 Å². The average molecular weight is 611 g/mol. The fourth-order valence-electron chi connectivity index (χ4n) is 9.62. The molecule has 0 N–H and O–H groups in total. The molecule has 1 atom stereocenters. The molecule has 0 aliphatic heterocycles. The van der Waals surface area contributed by atoms with E-state index in [0.717, 1.165) is 24.2 Å². The fraction of sp³-hybridized carbons (Fsp3) is 0.500. The molecule has 0 saturated heterocycles. The molecule has 0 nitrogen and oxygen atoms in total. The van der Waals surface area contributed by atoms with Crippen LogP contribution in [-0.2, 0) is 27.7 Å². The Morgan fingerprint density at radius 2 is 1.49 bits per heavy atom. The summed E-state index contributed by atoms with van der Waals surface area (Å²) in [6, 6.07) is 16.4. The van der Waals surface area contributed by atoms with Crippen LogP contribution in [0.2, 0.25) is 0 Å². The summed E-state index contributed by atoms with van der Waals surface area (Å²) >= 11 is -2.15. The molecule has 2 aromatic rings. The standard InChI is InChI=1S/C18H25.C13H9.C3H6.2ClH.Zr/c1-12-3-13(2)17(4-12)11-18-8-14-5-15(9-18)7-16(6-14)10-18;1-3-7-12-10(5-1)9-11-6-2-4-8-13(11)12;1-3-2;;;/h4,12,14-16H,5-11H2,1-2H3;1-5,7-8H,9H2;1-2H3;2*1H;/q;;;;;+2/p-2. The minimum Gasteiger partial charge on any atom is -1.00 e. The van der Waals surface area contributed by atoms with Gasteiger partial charge in [0.05, 0.1) is 0 Å². The minimum absolute atomic E-state index is 0. The van der Waals surface area contributed by atoms with E-state index in [-0.39, 0.29) is 24.8 Å². The van der Waals surface area contributed by atoms with Gasteiger partial charge in [-0.25, -0.2) is 0 Å². The number of halogens is 2. The Bertz CT molecular complexity index is 1290. The van der Waals surface area contributed by atoms with Gasteiger partial charge in [0.15, 0.2) is 0 Å². The van der Waals surface area contributed by atoms with Gasteiger partial charge < -0.3 is 24.8 Å². The van der Waals surface area contributed by atoms with Gasteiger partial charge in [0.25, 0.3) is 0 Å². The monoisotopic (exact) mass is 608 g/mol. The summed E-state index contributed by atoms with van der Waals surface area (Å²) < 4.78 is 5.38. The molecule has 0 radical (unpaired) electrons. The molecule has 0 aromatic heterocycles. The van der Waals surface area contributed by atoms with E-state index >= 15 is 0 Å². The van der Waals surface area contributed by atoms with Crippen molar-refractivity contribution in [2.75, 3.05) is 0 Å². The first-order valence-corrected chi connectivity index (χ1v) is 17.9. The molecule has 4 bridgehead atoms. The van der Waals surface area contributed by atoms with Gasteiger partial charge in [-0.3, -0.25) is 0 Å². The van der Waals surface area contributed by atoms with Gasteiger partial charge in [-0.2, -0.15) is 0 Å². The normalized spacial score (nSPS) is 30.1. The predicted octanol–water partition coefficient (Wildman–Crippen LogP) is 2.18. The van der Waals surface area contributed by atoms with E-state index in [2.05, 4.69) is 76.2 Å². The van der Waals surface area contributed by atoms with E-state index in [1.54, 1.807) is 42.4 Å². The van der Waals surface area contributed by atoms with Crippen molar-refractivity contribution in [3.63, 3.8) is 0 Å². The van der Waals surface area contributed by atoms with Crippen molar-refractivity contribution in [2.45, 2.75) is 79.1 Å². The van der Waals surface area contributed by atoms with Gasteiger partial charge in [-0.05, 0) is 0 Å². The zero-order valence-corrected chi connectivity index (χ0v) is 26.8. The van der Waals surface area contributed by atoms with Gasteiger partial charge in [0.2, 0.25) is 0 Å². The second-order valence-electron chi connectivity index (χ2n) is 13.2. The first-order valence-electron chi connectivity index (χ1n) is 14.2. The Hall–Kier alpha value is -0.747. The van der Waals surface area contributed by atoms with E-state index in [4.69, 9.17) is 0 Å². The largest absolute Gasteiger partial charge is 1.00 e. The Kier molecular flexibility index (Phi) is 7.77. The van der Waals surface area contributed by atoms with Gasteiger partial charge in [0.1, 0.15) is 0 Å². The quantitative estimate of drug-likeness (QED) is 0.425. The Labute approximate surface area is 244 Å². The van der Waals surface area contributed by atoms with E-state index in [0.29, 0.717) is 11.3 Å². The second-order valence-corrected chi connectivity index (χ2v) is 20.1. The number of allylic oxidation sites excluding steroid dienone is 4. The van der Waals surface area contributed by atoms with Crippen LogP contribution in [0.15, 0.2) is 63.0 Å². The third-order valence-corrected chi connectivity index (χ3v) is 18.7. The predicted molar refractivity (Wildman–Crippen MR) is 146 cm³/mol. The van der Waals surface area contributed by atoms with E-state index in [1.165, 1.54) is 42.4 Å². The van der Waals surface area contributed by atoms with Crippen molar-refractivity contribution in [3.05, 3.63) is 74.1 Å². The molecule has 4 fully saturated rings. The van der Waals surface area contributed by atoms with Crippen molar-refractivity contribution < 1.29 is 46.1 Å². The fourth-order valence-corrected chi connectivity index (χ4v) is 17.6. The summed E-state index contributed by atoms with van der Waals surface area (Å²) in [5, 5.41) is 0. The van der Waals surface area contributed by atoms with Crippen LogP contribution in [0.5, 0.6) is 0 Å². The molecule has 2 aromatic carbocycles. The van der Waals surface area contributed by atoms with Crippen molar-refractivity contribution in [2.24, 2.45) is 29.1 Å². The number of hydrogen-bond donors (Lipinski definition) is 0. The maximum Gasteiger partial charge on any atom is -1.00 e. The molecule has 194 valence electrons. The molecular formula is C34H40Cl2Zr. The second kappa shape index (κ2) is 10.3. The van der Waals surface area contributed by atoms with Gasteiger partial charge in [-0.1, -0.05) is 0 Å². The van der Waals surface area contributed by atoms with Gasteiger partial charge >= 0.3 is 221 Å². The number of hydrogen-bond acceptors (Lipinski definition) is 0. The molecule has 0 heterocycles. The molecule has 0 amide bonds. The van der Waals surface area contributed by atoms with Crippen LogP contribution >= 0.6 is 0 Å². The Morgan fingerprint density at radius 3 is 2.14 bits per heavy atom. The number of fused-ring (bicyclic) bond motifs is 3.